The van der Waals surface area contributed by atoms with E-state index in [-0.39, 0.29) is 17.5 Å². The molecule has 7 nitrogen and oxygen atoms in total. The molecule has 2 heterocycles. The van der Waals surface area contributed by atoms with E-state index in [1.54, 1.807) is 4.90 Å². The molecule has 118 valence electrons. The Labute approximate surface area is 124 Å². The molecule has 0 aliphatic carbocycles. The first-order valence-electron chi connectivity index (χ1n) is 6.92. The van der Waals surface area contributed by atoms with Crippen molar-refractivity contribution in [3.8, 4) is 0 Å². The van der Waals surface area contributed by atoms with Crippen LogP contribution >= 0.6 is 0 Å². The maximum Gasteiger partial charge on any atom is 0.323 e. The molecule has 21 heavy (non-hydrogen) atoms. The van der Waals surface area contributed by atoms with Crippen LogP contribution in [-0.2, 0) is 14.6 Å². The lowest BCUT2D eigenvalue weighted by Crippen LogP contribution is -2.51. The molecule has 0 aromatic heterocycles. The Kier molecular flexibility index (Phi) is 4.55. The number of carbonyl (C=O) groups excluding carboxylic acids is 1. The Hall–Kier alpha value is -1.57. The van der Waals surface area contributed by atoms with Crippen LogP contribution in [0.3, 0.4) is 0 Å². The van der Waals surface area contributed by atoms with Crippen molar-refractivity contribution in [3.05, 3.63) is 11.6 Å². The summed E-state index contributed by atoms with van der Waals surface area (Å²) >= 11 is 0. The Morgan fingerprint density at radius 1 is 1.48 bits per heavy atom. The Balaban J connectivity index is 2.12. The standard InChI is InChI=1S/C13H20N2O5S/c1-10-2-5-14(6-3-10)13(18)15(8-12(16)17)11-4-7-21(19,20)9-11/h2,11H,3-9H2,1H3,(H,16,17). The lowest BCUT2D eigenvalue weighted by atomic mass is 10.1. The van der Waals surface area contributed by atoms with Gasteiger partial charge in [0.25, 0.3) is 0 Å². The first-order valence-corrected chi connectivity index (χ1v) is 8.74. The van der Waals surface area contributed by atoms with Crippen LogP contribution in [0.25, 0.3) is 0 Å². The zero-order chi connectivity index (χ0) is 15.6. The fourth-order valence-corrected chi connectivity index (χ4v) is 4.38. The SMILES string of the molecule is CC1=CCN(C(=O)N(CC(=O)O)C2CCS(=O)(=O)C2)CC1. The number of sulfone groups is 1. The highest BCUT2D eigenvalue weighted by atomic mass is 32.2. The minimum absolute atomic E-state index is 0.0140. The van der Waals surface area contributed by atoms with Crippen LogP contribution in [-0.4, -0.2) is 72.5 Å². The second-order valence-corrected chi connectivity index (χ2v) is 7.84. The highest BCUT2D eigenvalue weighted by Gasteiger charge is 2.37. The number of carbonyl (C=O) groups is 2. The van der Waals surface area contributed by atoms with E-state index in [0.717, 1.165) is 6.42 Å². The van der Waals surface area contributed by atoms with Gasteiger partial charge in [-0.15, -0.1) is 0 Å². The lowest BCUT2D eigenvalue weighted by Gasteiger charge is -2.34. The highest BCUT2D eigenvalue weighted by molar-refractivity contribution is 7.91. The smallest absolute Gasteiger partial charge is 0.323 e. The second kappa shape index (κ2) is 6.05. The van der Waals surface area contributed by atoms with E-state index in [2.05, 4.69) is 0 Å². The summed E-state index contributed by atoms with van der Waals surface area (Å²) in [6, 6.07) is -0.922. The molecule has 0 radical (unpaired) electrons. The van der Waals surface area contributed by atoms with Gasteiger partial charge in [-0.25, -0.2) is 13.2 Å². The quantitative estimate of drug-likeness (QED) is 0.757. The first-order chi connectivity index (χ1) is 9.78. The minimum Gasteiger partial charge on any atom is -0.480 e. The van der Waals surface area contributed by atoms with Crippen molar-refractivity contribution in [3.63, 3.8) is 0 Å². The van der Waals surface area contributed by atoms with E-state index >= 15 is 0 Å². The molecule has 2 aliphatic rings. The molecule has 0 aromatic rings. The third kappa shape index (κ3) is 3.96. The van der Waals surface area contributed by atoms with E-state index in [1.807, 2.05) is 13.0 Å². The van der Waals surface area contributed by atoms with Gasteiger partial charge in [-0.1, -0.05) is 11.6 Å². The van der Waals surface area contributed by atoms with Gasteiger partial charge in [-0.2, -0.15) is 0 Å². The van der Waals surface area contributed by atoms with Gasteiger partial charge in [0, 0.05) is 19.1 Å². The summed E-state index contributed by atoms with van der Waals surface area (Å²) in [5, 5.41) is 8.99. The van der Waals surface area contributed by atoms with Gasteiger partial charge >= 0.3 is 12.0 Å². The highest BCUT2D eigenvalue weighted by Crippen LogP contribution is 2.20. The topological polar surface area (TPSA) is 95.0 Å². The molecule has 8 heteroatoms. The molecule has 1 atom stereocenters. The summed E-state index contributed by atoms with van der Waals surface area (Å²) in [4.78, 5) is 26.3. The molecular weight excluding hydrogens is 296 g/mol. The van der Waals surface area contributed by atoms with Gasteiger partial charge in [0.15, 0.2) is 9.84 Å². The molecule has 1 N–H and O–H groups in total. The minimum atomic E-state index is -3.17. The lowest BCUT2D eigenvalue weighted by molar-refractivity contribution is -0.138. The number of carboxylic acids is 1. The van der Waals surface area contributed by atoms with E-state index in [1.165, 1.54) is 10.5 Å². The van der Waals surface area contributed by atoms with Crippen LogP contribution in [0, 0.1) is 0 Å². The third-order valence-electron chi connectivity index (χ3n) is 3.91. The van der Waals surface area contributed by atoms with Gasteiger partial charge < -0.3 is 14.9 Å². The predicted molar refractivity (Wildman–Crippen MR) is 76.7 cm³/mol. The van der Waals surface area contributed by atoms with Crippen LogP contribution in [0.15, 0.2) is 11.6 Å². The van der Waals surface area contributed by atoms with Crippen molar-refractivity contribution >= 4 is 21.8 Å². The summed E-state index contributed by atoms with van der Waals surface area (Å²) in [6.45, 7) is 2.51. The Morgan fingerprint density at radius 3 is 2.67 bits per heavy atom. The normalized spacial score (nSPS) is 24.5. The number of carboxylic acid groups (broad SMARTS) is 1. The van der Waals surface area contributed by atoms with E-state index in [4.69, 9.17) is 5.11 Å². The van der Waals surface area contributed by atoms with Crippen LogP contribution in [0.5, 0.6) is 0 Å². The largest absolute Gasteiger partial charge is 0.480 e. The average Bonchev–Trinajstić information content (AvgIpc) is 2.76. The summed E-state index contributed by atoms with van der Waals surface area (Å²) < 4.78 is 23.1. The van der Waals surface area contributed by atoms with Gasteiger partial charge in [-0.3, -0.25) is 4.79 Å². The molecule has 2 amide bonds. The summed E-state index contributed by atoms with van der Waals surface area (Å²) in [6.07, 6.45) is 3.01. The van der Waals surface area contributed by atoms with Gasteiger partial charge in [0.1, 0.15) is 6.54 Å². The molecule has 1 saturated heterocycles. The molecule has 0 bridgehead atoms. The Morgan fingerprint density at radius 2 is 2.19 bits per heavy atom. The zero-order valence-corrected chi connectivity index (χ0v) is 12.8. The number of aliphatic carboxylic acids is 1. The van der Waals surface area contributed by atoms with Crippen LogP contribution in [0.1, 0.15) is 19.8 Å². The second-order valence-electron chi connectivity index (χ2n) is 5.61. The number of amides is 2. The van der Waals surface area contributed by atoms with Gasteiger partial charge in [-0.05, 0) is 19.8 Å². The maximum atomic E-state index is 12.5. The van der Waals surface area contributed by atoms with Crippen LogP contribution < -0.4 is 0 Å². The number of nitrogens with zero attached hydrogens (tertiary/aromatic N) is 2. The van der Waals surface area contributed by atoms with E-state index in [9.17, 15) is 18.0 Å². The van der Waals surface area contributed by atoms with Crippen molar-refractivity contribution in [1.29, 1.82) is 0 Å². The van der Waals surface area contributed by atoms with Crippen LogP contribution in [0.2, 0.25) is 0 Å². The van der Waals surface area contributed by atoms with E-state index in [0.29, 0.717) is 19.5 Å². The van der Waals surface area contributed by atoms with Crippen molar-refractivity contribution in [2.24, 2.45) is 0 Å². The molecule has 0 saturated carbocycles. The van der Waals surface area contributed by atoms with Gasteiger partial charge in [0.05, 0.1) is 11.5 Å². The molecule has 1 unspecified atom stereocenters. The van der Waals surface area contributed by atoms with Crippen molar-refractivity contribution in [2.45, 2.75) is 25.8 Å². The Bertz CT molecular complexity index is 569. The fraction of sp³-hybridized carbons (Fsp3) is 0.692. The maximum absolute atomic E-state index is 12.5. The number of hydrogen-bond donors (Lipinski definition) is 1. The summed E-state index contributed by atoms with van der Waals surface area (Å²) in [5.41, 5.74) is 1.20. The average molecular weight is 316 g/mol. The van der Waals surface area contributed by atoms with Crippen molar-refractivity contribution in [2.75, 3.05) is 31.1 Å². The first kappa shape index (κ1) is 15.8. The fourth-order valence-electron chi connectivity index (χ4n) is 2.65. The third-order valence-corrected chi connectivity index (χ3v) is 5.66. The van der Waals surface area contributed by atoms with Crippen molar-refractivity contribution in [1.82, 2.24) is 9.80 Å². The number of hydrogen-bond acceptors (Lipinski definition) is 4. The molecule has 2 rings (SSSR count). The monoisotopic (exact) mass is 316 g/mol. The molecule has 1 fully saturated rings. The molecule has 2 aliphatic heterocycles. The molecular formula is C13H20N2O5S. The molecule has 0 aromatic carbocycles. The van der Waals surface area contributed by atoms with Crippen LogP contribution in [0.4, 0.5) is 4.79 Å². The molecule has 0 spiro atoms. The zero-order valence-electron chi connectivity index (χ0n) is 12.0. The number of rotatable bonds is 3. The van der Waals surface area contributed by atoms with Crippen molar-refractivity contribution < 1.29 is 23.1 Å². The van der Waals surface area contributed by atoms with Gasteiger partial charge in [0.2, 0.25) is 0 Å². The summed E-state index contributed by atoms with van der Waals surface area (Å²) in [7, 11) is -3.17. The summed E-state index contributed by atoms with van der Waals surface area (Å²) in [5.74, 6) is -1.26. The predicted octanol–water partition coefficient (Wildman–Crippen LogP) is 0.332. The number of urea groups is 1. The van der Waals surface area contributed by atoms with E-state index < -0.39 is 28.4 Å².